The van der Waals surface area contributed by atoms with E-state index in [1.807, 2.05) is 0 Å². The Balaban J connectivity index is 1.79. The van der Waals surface area contributed by atoms with Gasteiger partial charge in [-0.2, -0.15) is 0 Å². The molecule has 2 fully saturated rings. The van der Waals surface area contributed by atoms with Gasteiger partial charge in [-0.3, -0.25) is 0 Å². The second-order valence-corrected chi connectivity index (χ2v) is 6.92. The van der Waals surface area contributed by atoms with E-state index in [-0.39, 0.29) is 0 Å². The van der Waals surface area contributed by atoms with Gasteiger partial charge in [0.2, 0.25) is 0 Å². The molecule has 1 nitrogen and oxygen atoms in total. The first-order valence-electron chi connectivity index (χ1n) is 7.94. The standard InChI is InChI=1S/C18H27N/c1-4-15-10-18(11-15,12-19-17-7-8-17)16-6-5-13(2)14(3)9-16/h5-6,9,15,17,19H,4,7-8,10-12H2,1-3H3. The van der Waals surface area contributed by atoms with Gasteiger partial charge in [-0.25, -0.2) is 0 Å². The molecule has 0 radical (unpaired) electrons. The molecule has 0 amide bonds. The number of rotatable bonds is 5. The van der Waals surface area contributed by atoms with Gasteiger partial charge in [0.1, 0.15) is 0 Å². The van der Waals surface area contributed by atoms with E-state index in [1.165, 1.54) is 49.8 Å². The quantitative estimate of drug-likeness (QED) is 0.837. The minimum atomic E-state index is 0.432. The Labute approximate surface area is 117 Å². The molecule has 0 bridgehead atoms. The average Bonchev–Trinajstić information content (AvgIpc) is 3.16. The lowest BCUT2D eigenvalue weighted by molar-refractivity contribution is 0.133. The van der Waals surface area contributed by atoms with Crippen molar-refractivity contribution >= 4 is 0 Å². The molecule has 0 aromatic heterocycles. The summed E-state index contributed by atoms with van der Waals surface area (Å²) in [6.45, 7) is 7.99. The Morgan fingerprint density at radius 3 is 2.47 bits per heavy atom. The van der Waals surface area contributed by atoms with Gasteiger partial charge in [-0.15, -0.1) is 0 Å². The molecule has 0 aliphatic heterocycles. The predicted molar refractivity (Wildman–Crippen MR) is 81.6 cm³/mol. The fourth-order valence-corrected chi connectivity index (χ4v) is 3.51. The number of nitrogens with one attached hydrogen (secondary N) is 1. The maximum atomic E-state index is 3.78. The van der Waals surface area contributed by atoms with Crippen LogP contribution in [0.5, 0.6) is 0 Å². The molecule has 0 atom stereocenters. The van der Waals surface area contributed by atoms with Crippen molar-refractivity contribution in [3.05, 3.63) is 34.9 Å². The average molecular weight is 257 g/mol. The minimum absolute atomic E-state index is 0.432. The third kappa shape index (κ3) is 2.58. The van der Waals surface area contributed by atoms with Gasteiger partial charge < -0.3 is 5.32 Å². The first-order chi connectivity index (χ1) is 9.13. The summed E-state index contributed by atoms with van der Waals surface area (Å²) in [5, 5.41) is 3.78. The zero-order valence-electron chi connectivity index (χ0n) is 12.6. The molecule has 2 saturated carbocycles. The lowest BCUT2D eigenvalue weighted by atomic mass is 9.57. The lowest BCUT2D eigenvalue weighted by Gasteiger charge is -2.49. The zero-order chi connectivity index (χ0) is 13.5. The molecule has 3 rings (SSSR count). The van der Waals surface area contributed by atoms with E-state index in [9.17, 15) is 0 Å². The van der Waals surface area contributed by atoms with E-state index in [0.717, 1.165) is 12.0 Å². The highest BCUT2D eigenvalue weighted by Gasteiger charge is 2.45. The lowest BCUT2D eigenvalue weighted by Crippen LogP contribution is -2.49. The molecule has 2 aliphatic carbocycles. The number of hydrogen-bond acceptors (Lipinski definition) is 1. The van der Waals surface area contributed by atoms with Crippen LogP contribution in [0.2, 0.25) is 0 Å². The summed E-state index contributed by atoms with van der Waals surface area (Å²) in [7, 11) is 0. The molecule has 1 aromatic rings. The molecule has 1 heteroatoms. The Bertz CT molecular complexity index is 453. The fraction of sp³-hybridized carbons (Fsp3) is 0.667. The van der Waals surface area contributed by atoms with Crippen LogP contribution in [0.4, 0.5) is 0 Å². The summed E-state index contributed by atoms with van der Waals surface area (Å²) in [5.41, 5.74) is 4.87. The number of aryl methyl sites for hydroxylation is 2. The first-order valence-corrected chi connectivity index (χ1v) is 7.94. The van der Waals surface area contributed by atoms with E-state index >= 15 is 0 Å². The van der Waals surface area contributed by atoms with Crippen LogP contribution in [0, 0.1) is 19.8 Å². The monoisotopic (exact) mass is 257 g/mol. The second-order valence-electron chi connectivity index (χ2n) is 6.92. The number of benzene rings is 1. The summed E-state index contributed by atoms with van der Waals surface area (Å²) in [6, 6.07) is 7.95. The van der Waals surface area contributed by atoms with Crippen molar-refractivity contribution in [1.29, 1.82) is 0 Å². The van der Waals surface area contributed by atoms with E-state index in [4.69, 9.17) is 0 Å². The minimum Gasteiger partial charge on any atom is -0.313 e. The summed E-state index contributed by atoms with van der Waals surface area (Å²) < 4.78 is 0. The van der Waals surface area contributed by atoms with Crippen molar-refractivity contribution in [2.24, 2.45) is 5.92 Å². The molecular formula is C18H27N. The van der Waals surface area contributed by atoms with Gasteiger partial charge in [0, 0.05) is 18.0 Å². The first kappa shape index (κ1) is 13.2. The molecule has 2 aliphatic rings. The van der Waals surface area contributed by atoms with Gasteiger partial charge in [0.15, 0.2) is 0 Å². The van der Waals surface area contributed by atoms with Crippen molar-refractivity contribution in [3.8, 4) is 0 Å². The van der Waals surface area contributed by atoms with E-state index in [2.05, 4.69) is 44.3 Å². The van der Waals surface area contributed by atoms with Crippen LogP contribution in [0.1, 0.15) is 55.7 Å². The predicted octanol–water partition coefficient (Wildman–Crippen LogP) is 4.11. The van der Waals surface area contributed by atoms with Crippen molar-refractivity contribution in [2.45, 2.75) is 64.3 Å². The third-order valence-electron chi connectivity index (χ3n) is 5.36. The SMILES string of the molecule is CCC1CC(CNC2CC2)(c2ccc(C)c(C)c2)C1. The highest BCUT2D eigenvalue weighted by atomic mass is 15.0. The fourth-order valence-electron chi connectivity index (χ4n) is 3.51. The van der Waals surface area contributed by atoms with Gasteiger partial charge in [-0.05, 0) is 62.1 Å². The smallest absolute Gasteiger partial charge is 0.00832 e. The van der Waals surface area contributed by atoms with Crippen molar-refractivity contribution in [3.63, 3.8) is 0 Å². The molecule has 0 heterocycles. The summed E-state index contributed by atoms with van der Waals surface area (Å²) in [5.74, 6) is 0.947. The third-order valence-corrected chi connectivity index (χ3v) is 5.36. The van der Waals surface area contributed by atoms with Gasteiger partial charge in [0.25, 0.3) is 0 Å². The summed E-state index contributed by atoms with van der Waals surface area (Å²) in [4.78, 5) is 0. The molecule has 19 heavy (non-hydrogen) atoms. The van der Waals surface area contributed by atoms with Crippen LogP contribution in [0.3, 0.4) is 0 Å². The van der Waals surface area contributed by atoms with Crippen LogP contribution in [-0.2, 0) is 5.41 Å². The van der Waals surface area contributed by atoms with E-state index in [0.29, 0.717) is 5.41 Å². The maximum absolute atomic E-state index is 3.78. The molecule has 104 valence electrons. The van der Waals surface area contributed by atoms with Crippen LogP contribution in [0.25, 0.3) is 0 Å². The highest BCUT2D eigenvalue weighted by Crippen LogP contribution is 2.49. The zero-order valence-corrected chi connectivity index (χ0v) is 12.6. The van der Waals surface area contributed by atoms with Crippen LogP contribution in [0.15, 0.2) is 18.2 Å². The summed E-state index contributed by atoms with van der Waals surface area (Å²) in [6.07, 6.45) is 6.88. The van der Waals surface area contributed by atoms with Crippen LogP contribution >= 0.6 is 0 Å². The van der Waals surface area contributed by atoms with Gasteiger partial charge in [0.05, 0.1) is 0 Å². The molecule has 0 spiro atoms. The number of hydrogen-bond donors (Lipinski definition) is 1. The maximum Gasteiger partial charge on any atom is 0.00832 e. The highest BCUT2D eigenvalue weighted by molar-refractivity contribution is 5.37. The topological polar surface area (TPSA) is 12.0 Å². The van der Waals surface area contributed by atoms with E-state index in [1.54, 1.807) is 5.56 Å². The molecule has 0 saturated heterocycles. The van der Waals surface area contributed by atoms with Crippen LogP contribution in [-0.4, -0.2) is 12.6 Å². The van der Waals surface area contributed by atoms with Crippen molar-refractivity contribution in [2.75, 3.05) is 6.54 Å². The molecule has 1 aromatic carbocycles. The van der Waals surface area contributed by atoms with Crippen molar-refractivity contribution < 1.29 is 0 Å². The molecule has 1 N–H and O–H groups in total. The van der Waals surface area contributed by atoms with Gasteiger partial charge >= 0.3 is 0 Å². The summed E-state index contributed by atoms with van der Waals surface area (Å²) >= 11 is 0. The van der Waals surface area contributed by atoms with Crippen LogP contribution < -0.4 is 5.32 Å². The Morgan fingerprint density at radius 2 is 1.89 bits per heavy atom. The molecular weight excluding hydrogens is 230 g/mol. The van der Waals surface area contributed by atoms with E-state index < -0.39 is 0 Å². The normalized spacial score (nSPS) is 30.2. The Kier molecular flexibility index (Phi) is 3.42. The van der Waals surface area contributed by atoms with Gasteiger partial charge in [-0.1, -0.05) is 31.5 Å². The second kappa shape index (κ2) is 4.94. The Morgan fingerprint density at radius 1 is 1.16 bits per heavy atom. The Hall–Kier alpha value is -0.820. The van der Waals surface area contributed by atoms with Crippen molar-refractivity contribution in [1.82, 2.24) is 5.32 Å². The largest absolute Gasteiger partial charge is 0.313 e. The molecule has 0 unspecified atom stereocenters.